The number of β-lactam (4-membered cyclic amide) rings is 1. The Labute approximate surface area is 151 Å². The van der Waals surface area contributed by atoms with Crippen LogP contribution in [-0.4, -0.2) is 53.0 Å². The number of nitrogens with zero attached hydrogens (tertiary/aromatic N) is 4. The highest BCUT2D eigenvalue weighted by atomic mass is 32.2. The van der Waals surface area contributed by atoms with Gasteiger partial charge in [-0.2, -0.15) is 0 Å². The molecular weight excluding hydrogens is 364 g/mol. The molecule has 0 bridgehead atoms. The van der Waals surface area contributed by atoms with Gasteiger partial charge in [0.15, 0.2) is 16.7 Å². The Kier molecular flexibility index (Phi) is 4.08. The molecule has 25 heavy (non-hydrogen) atoms. The molecule has 2 atom stereocenters. The topological polar surface area (TPSA) is 101 Å². The van der Waals surface area contributed by atoms with Crippen molar-refractivity contribution >= 4 is 35.4 Å². The third-order valence-corrected chi connectivity index (χ3v) is 6.71. The number of aromatic nitrogens is 3. The Morgan fingerprint density at radius 2 is 2.36 bits per heavy atom. The molecule has 10 heteroatoms. The van der Waals surface area contributed by atoms with Gasteiger partial charge in [-0.05, 0) is 18.2 Å². The van der Waals surface area contributed by atoms with Crippen LogP contribution in [0.15, 0.2) is 39.7 Å². The van der Waals surface area contributed by atoms with Crippen molar-refractivity contribution in [3.8, 4) is 11.6 Å². The molecule has 0 radical (unpaired) electrons. The molecule has 1 fully saturated rings. The molecule has 2 aliphatic rings. The first-order chi connectivity index (χ1) is 12.0. The number of fused-ring (bicyclic) bond motifs is 1. The van der Waals surface area contributed by atoms with Crippen LogP contribution in [0, 0.1) is 0 Å². The number of hydrogen-bond donors (Lipinski definition) is 1. The van der Waals surface area contributed by atoms with Crippen LogP contribution in [0.1, 0.15) is 6.42 Å². The van der Waals surface area contributed by atoms with Gasteiger partial charge in [0, 0.05) is 18.1 Å². The van der Waals surface area contributed by atoms with Gasteiger partial charge >= 0.3 is 5.97 Å². The molecule has 1 N–H and O–H groups in total. The second-order valence-electron chi connectivity index (χ2n) is 5.61. The van der Waals surface area contributed by atoms with Crippen LogP contribution in [0.2, 0.25) is 0 Å². The summed E-state index contributed by atoms with van der Waals surface area (Å²) < 4.78 is 7.19. The molecule has 4 rings (SSSR count). The first-order valence-corrected chi connectivity index (χ1v) is 9.46. The zero-order chi connectivity index (χ0) is 17.6. The van der Waals surface area contributed by atoms with Crippen molar-refractivity contribution < 1.29 is 19.1 Å². The number of carbonyl (C=O) groups excluding carboxylic acids is 1. The van der Waals surface area contributed by atoms with E-state index in [9.17, 15) is 14.7 Å². The van der Waals surface area contributed by atoms with Gasteiger partial charge in [-0.15, -0.1) is 22.0 Å². The second-order valence-corrected chi connectivity index (χ2v) is 8.02. The van der Waals surface area contributed by atoms with Crippen molar-refractivity contribution in [3.05, 3.63) is 30.2 Å². The normalized spacial score (nSPS) is 22.4. The van der Waals surface area contributed by atoms with E-state index in [0.717, 1.165) is 5.16 Å². The minimum absolute atomic E-state index is 0.00536. The van der Waals surface area contributed by atoms with E-state index in [1.807, 2.05) is 17.7 Å². The maximum Gasteiger partial charge on any atom is 0.352 e. The quantitative estimate of drug-likeness (QED) is 0.621. The number of aliphatic carboxylic acids is 1. The summed E-state index contributed by atoms with van der Waals surface area (Å²) in [5.41, 5.74) is 0.0832. The lowest BCUT2D eigenvalue weighted by atomic mass is 10.1. The largest absolute Gasteiger partial charge is 0.477 e. The number of amides is 1. The Morgan fingerprint density at radius 1 is 1.52 bits per heavy atom. The van der Waals surface area contributed by atoms with Gasteiger partial charge in [0.25, 0.3) is 0 Å². The third-order valence-electron chi connectivity index (χ3n) is 4.01. The fourth-order valence-electron chi connectivity index (χ4n) is 2.76. The van der Waals surface area contributed by atoms with Crippen molar-refractivity contribution in [3.63, 3.8) is 0 Å². The highest BCUT2D eigenvalue weighted by molar-refractivity contribution is 8.03. The molecule has 1 amide bonds. The number of furan rings is 1. The van der Waals surface area contributed by atoms with Gasteiger partial charge in [-0.1, -0.05) is 11.8 Å². The zero-order valence-corrected chi connectivity index (χ0v) is 14.8. The summed E-state index contributed by atoms with van der Waals surface area (Å²) in [7, 11) is 1.86. The molecule has 0 saturated carbocycles. The summed E-state index contributed by atoms with van der Waals surface area (Å²) in [5, 5.41) is 18.3. The fourth-order valence-corrected chi connectivity index (χ4v) is 5.27. The Bertz CT molecular complexity index is 861. The van der Waals surface area contributed by atoms with Crippen LogP contribution >= 0.6 is 23.5 Å². The van der Waals surface area contributed by atoms with E-state index in [1.54, 1.807) is 30.2 Å². The van der Waals surface area contributed by atoms with Crippen molar-refractivity contribution in [2.45, 2.75) is 22.2 Å². The van der Waals surface area contributed by atoms with Gasteiger partial charge in [0.1, 0.15) is 5.70 Å². The zero-order valence-electron chi connectivity index (χ0n) is 13.2. The monoisotopic (exact) mass is 378 g/mol. The highest BCUT2D eigenvalue weighted by Gasteiger charge is 2.45. The summed E-state index contributed by atoms with van der Waals surface area (Å²) in [6, 6.07) is 3.61. The molecule has 130 valence electrons. The third kappa shape index (κ3) is 2.85. The Balaban J connectivity index is 1.48. The van der Waals surface area contributed by atoms with Gasteiger partial charge in [-0.25, -0.2) is 4.79 Å². The molecule has 1 saturated heterocycles. The SMILES string of the molecule is Cn1c(SCC2C=C(C(=O)O)N3C(=O)C[C@H]3S2)nnc1-c1ccco1. The number of thioether (sulfide) groups is 2. The minimum atomic E-state index is -1.06. The average molecular weight is 378 g/mol. The number of carboxylic acid groups (broad SMARTS) is 1. The molecular formula is C15H14N4O4S2. The van der Waals surface area contributed by atoms with E-state index in [-0.39, 0.29) is 22.2 Å². The number of carbonyl (C=O) groups is 2. The lowest BCUT2D eigenvalue weighted by molar-refractivity contribution is -0.146. The number of rotatable bonds is 5. The van der Waals surface area contributed by atoms with E-state index >= 15 is 0 Å². The molecule has 0 aromatic carbocycles. The standard InChI is InChI=1S/C15H14N4O4S2/c1-18-13(10-3-2-4-23-10)16-17-15(18)24-7-8-5-9(14(21)22)19-11(20)6-12(19)25-8/h2-5,8,12H,6-7H2,1H3,(H,21,22)/t8?,12-/m1/s1. The number of carboxylic acids is 1. The van der Waals surface area contributed by atoms with Crippen LogP contribution in [0.3, 0.4) is 0 Å². The molecule has 2 aromatic rings. The first-order valence-electron chi connectivity index (χ1n) is 7.53. The highest BCUT2D eigenvalue weighted by Crippen LogP contribution is 2.42. The van der Waals surface area contributed by atoms with Crippen LogP contribution in [-0.2, 0) is 16.6 Å². The minimum Gasteiger partial charge on any atom is -0.477 e. The van der Waals surface area contributed by atoms with Crippen LogP contribution in [0.4, 0.5) is 0 Å². The van der Waals surface area contributed by atoms with Gasteiger partial charge in [-0.3, -0.25) is 9.69 Å². The second kappa shape index (κ2) is 6.26. The summed E-state index contributed by atoms with van der Waals surface area (Å²) in [6.07, 6.45) is 3.62. The molecule has 8 nitrogen and oxygen atoms in total. The number of hydrogen-bond acceptors (Lipinski definition) is 7. The summed E-state index contributed by atoms with van der Waals surface area (Å²) in [4.78, 5) is 24.3. The molecule has 2 aliphatic heterocycles. The van der Waals surface area contributed by atoms with Crippen LogP contribution in [0.25, 0.3) is 11.6 Å². The van der Waals surface area contributed by atoms with E-state index in [2.05, 4.69) is 10.2 Å². The predicted molar refractivity (Wildman–Crippen MR) is 91.8 cm³/mol. The summed E-state index contributed by atoms with van der Waals surface area (Å²) in [5.74, 6) is 0.733. The van der Waals surface area contributed by atoms with E-state index in [0.29, 0.717) is 23.8 Å². The van der Waals surface area contributed by atoms with Crippen molar-refractivity contribution in [2.75, 3.05) is 5.75 Å². The van der Waals surface area contributed by atoms with Gasteiger partial charge < -0.3 is 14.1 Å². The maximum absolute atomic E-state index is 11.6. The Hall–Kier alpha value is -2.20. The van der Waals surface area contributed by atoms with Crippen molar-refractivity contribution in [1.29, 1.82) is 0 Å². The fraction of sp³-hybridized carbons (Fsp3) is 0.333. The van der Waals surface area contributed by atoms with Gasteiger partial charge in [0.2, 0.25) is 5.91 Å². The van der Waals surface area contributed by atoms with E-state index in [4.69, 9.17) is 4.42 Å². The summed E-state index contributed by atoms with van der Waals surface area (Å²) >= 11 is 3.10. The van der Waals surface area contributed by atoms with E-state index in [1.165, 1.54) is 16.7 Å². The van der Waals surface area contributed by atoms with Crippen molar-refractivity contribution in [2.24, 2.45) is 7.05 Å². The van der Waals surface area contributed by atoms with Crippen molar-refractivity contribution in [1.82, 2.24) is 19.7 Å². The molecule has 4 heterocycles. The lowest BCUT2D eigenvalue weighted by Gasteiger charge is -2.44. The van der Waals surface area contributed by atoms with Crippen LogP contribution in [0.5, 0.6) is 0 Å². The average Bonchev–Trinajstić information content (AvgIpc) is 3.21. The maximum atomic E-state index is 11.6. The molecule has 1 unspecified atom stereocenters. The molecule has 0 aliphatic carbocycles. The Morgan fingerprint density at radius 3 is 3.04 bits per heavy atom. The van der Waals surface area contributed by atoms with Gasteiger partial charge in [0.05, 0.1) is 18.1 Å². The first kappa shape index (κ1) is 16.3. The lowest BCUT2D eigenvalue weighted by Crippen LogP contribution is -2.54. The van der Waals surface area contributed by atoms with E-state index < -0.39 is 5.97 Å². The summed E-state index contributed by atoms with van der Waals surface area (Å²) in [6.45, 7) is 0. The van der Waals surface area contributed by atoms with Crippen LogP contribution < -0.4 is 0 Å². The molecule has 0 spiro atoms. The molecule has 2 aromatic heterocycles. The smallest absolute Gasteiger partial charge is 0.352 e. The predicted octanol–water partition coefficient (Wildman–Crippen LogP) is 1.81.